The lowest BCUT2D eigenvalue weighted by atomic mass is 9.99. The van der Waals surface area contributed by atoms with Gasteiger partial charge >= 0.3 is 5.97 Å². The zero-order chi connectivity index (χ0) is 36.3. The third kappa shape index (κ3) is 28.0. The van der Waals surface area contributed by atoms with Crippen molar-refractivity contribution in [2.75, 3.05) is 133 Å². The Morgan fingerprint density at radius 3 is 1.58 bits per heavy atom. The van der Waals surface area contributed by atoms with Crippen LogP contribution in [0.5, 0.6) is 5.75 Å². The van der Waals surface area contributed by atoms with Crippen molar-refractivity contribution in [3.05, 3.63) is 29.8 Å². The van der Waals surface area contributed by atoms with Crippen LogP contribution in [-0.4, -0.2) is 161 Å². The monoisotopic (exact) mass is 718 g/mol. The molecule has 4 N–H and O–H groups in total. The molecule has 1 amide bonds. The molecule has 1 aromatic carbocycles. The van der Waals surface area contributed by atoms with Gasteiger partial charge in [-0.05, 0) is 30.5 Å². The Labute approximate surface area is 295 Å². The van der Waals surface area contributed by atoms with Crippen molar-refractivity contribution in [1.29, 1.82) is 0 Å². The molecule has 0 radical (unpaired) electrons. The van der Waals surface area contributed by atoms with Crippen LogP contribution in [0.2, 0.25) is 0 Å². The molecule has 16 nitrogen and oxygen atoms in total. The minimum absolute atomic E-state index is 0.0774. The molecule has 0 saturated heterocycles. The molecule has 16 heteroatoms. The SMILES string of the molecule is COCCOCCOCCOCCOCCCC(=O)C(Cc1ccc(OCC(=O)O)cc1)NC(=O)CCOCCOCCOCCOCCN. The Hall–Kier alpha value is -2.77. The quantitative estimate of drug-likeness (QED) is 0.0810. The lowest BCUT2D eigenvalue weighted by Crippen LogP contribution is -2.42. The van der Waals surface area contributed by atoms with Gasteiger partial charge in [0.1, 0.15) is 5.75 Å². The number of hydrogen-bond donors (Lipinski definition) is 3. The fraction of sp³-hybridized carbons (Fsp3) is 0.735. The summed E-state index contributed by atoms with van der Waals surface area (Å²) in [5.74, 6) is -1.13. The molecule has 50 heavy (non-hydrogen) atoms. The van der Waals surface area contributed by atoms with E-state index in [-0.39, 0.29) is 37.6 Å². The molecule has 0 spiro atoms. The molecule has 288 valence electrons. The molecule has 0 bridgehead atoms. The third-order valence-electron chi connectivity index (χ3n) is 6.56. The van der Waals surface area contributed by atoms with Gasteiger partial charge in [0.25, 0.3) is 0 Å². The van der Waals surface area contributed by atoms with Crippen molar-refractivity contribution in [2.24, 2.45) is 5.73 Å². The normalized spacial score (nSPS) is 11.8. The number of ketones is 1. The van der Waals surface area contributed by atoms with E-state index in [0.29, 0.717) is 124 Å². The minimum Gasteiger partial charge on any atom is -0.482 e. The second-order valence-electron chi connectivity index (χ2n) is 10.7. The largest absolute Gasteiger partial charge is 0.482 e. The molecular weight excluding hydrogens is 660 g/mol. The Morgan fingerprint density at radius 2 is 1.10 bits per heavy atom. The number of nitrogens with one attached hydrogen (secondary N) is 1. The number of hydrogen-bond acceptors (Lipinski definition) is 14. The van der Waals surface area contributed by atoms with E-state index in [0.717, 1.165) is 5.56 Å². The summed E-state index contributed by atoms with van der Waals surface area (Å²) in [6.45, 7) is 7.31. The molecule has 1 unspecified atom stereocenters. The van der Waals surface area contributed by atoms with Crippen molar-refractivity contribution in [2.45, 2.75) is 31.7 Å². The Balaban J connectivity index is 2.33. The molecule has 0 aliphatic rings. The van der Waals surface area contributed by atoms with Crippen molar-refractivity contribution >= 4 is 17.7 Å². The van der Waals surface area contributed by atoms with Crippen molar-refractivity contribution < 1.29 is 66.9 Å². The molecular formula is C34H58N2O14. The van der Waals surface area contributed by atoms with Gasteiger partial charge in [-0.3, -0.25) is 9.59 Å². The summed E-state index contributed by atoms with van der Waals surface area (Å²) in [6.07, 6.45) is 1.03. The van der Waals surface area contributed by atoms with Crippen LogP contribution in [0.1, 0.15) is 24.8 Å². The number of ether oxygens (including phenoxy) is 10. The van der Waals surface area contributed by atoms with E-state index < -0.39 is 18.6 Å². The van der Waals surface area contributed by atoms with Gasteiger partial charge in [0.15, 0.2) is 12.4 Å². The summed E-state index contributed by atoms with van der Waals surface area (Å²) in [7, 11) is 1.62. The van der Waals surface area contributed by atoms with Crippen LogP contribution in [0.15, 0.2) is 24.3 Å². The number of carbonyl (C=O) groups is 3. The molecule has 1 rings (SSSR count). The van der Waals surface area contributed by atoms with E-state index in [1.165, 1.54) is 0 Å². The molecule has 1 atom stereocenters. The number of nitrogens with two attached hydrogens (primary N) is 1. The highest BCUT2D eigenvalue weighted by Crippen LogP contribution is 2.15. The van der Waals surface area contributed by atoms with Crippen LogP contribution in [-0.2, 0) is 63.4 Å². The van der Waals surface area contributed by atoms with Crippen LogP contribution in [0, 0.1) is 0 Å². The maximum atomic E-state index is 13.2. The zero-order valence-electron chi connectivity index (χ0n) is 29.5. The summed E-state index contributed by atoms with van der Waals surface area (Å²) in [6, 6.07) is 5.97. The lowest BCUT2D eigenvalue weighted by Gasteiger charge is -2.18. The fourth-order valence-electron chi connectivity index (χ4n) is 4.05. The van der Waals surface area contributed by atoms with Gasteiger partial charge in [-0.15, -0.1) is 0 Å². The second-order valence-corrected chi connectivity index (χ2v) is 10.7. The summed E-state index contributed by atoms with van der Waals surface area (Å²) < 4.78 is 53.4. The first-order valence-corrected chi connectivity index (χ1v) is 17.0. The van der Waals surface area contributed by atoms with Gasteiger partial charge in [0, 0.05) is 33.1 Å². The number of carboxylic acids is 1. The number of amides is 1. The Kier molecular flexibility index (Phi) is 30.2. The predicted molar refractivity (Wildman–Crippen MR) is 182 cm³/mol. The molecule has 0 aliphatic carbocycles. The van der Waals surface area contributed by atoms with Gasteiger partial charge in [0.2, 0.25) is 5.91 Å². The second kappa shape index (κ2) is 33.4. The predicted octanol–water partition coefficient (Wildman–Crippen LogP) is 0.655. The molecule has 0 heterocycles. The van der Waals surface area contributed by atoms with E-state index in [2.05, 4.69) is 5.32 Å². The van der Waals surface area contributed by atoms with Crippen LogP contribution in [0.25, 0.3) is 0 Å². The summed E-state index contributed by atoms with van der Waals surface area (Å²) in [5.41, 5.74) is 6.13. The molecule has 0 fully saturated rings. The fourth-order valence-corrected chi connectivity index (χ4v) is 4.05. The molecule has 1 aromatic rings. The summed E-state index contributed by atoms with van der Waals surface area (Å²) in [4.78, 5) is 36.7. The first-order valence-electron chi connectivity index (χ1n) is 17.0. The van der Waals surface area contributed by atoms with Crippen molar-refractivity contribution in [3.63, 3.8) is 0 Å². The first-order chi connectivity index (χ1) is 24.5. The van der Waals surface area contributed by atoms with Gasteiger partial charge in [-0.2, -0.15) is 0 Å². The first kappa shape index (κ1) is 45.3. The topological polar surface area (TPSA) is 202 Å². The third-order valence-corrected chi connectivity index (χ3v) is 6.56. The van der Waals surface area contributed by atoms with E-state index >= 15 is 0 Å². The highest BCUT2D eigenvalue weighted by molar-refractivity contribution is 5.89. The van der Waals surface area contributed by atoms with Crippen LogP contribution >= 0.6 is 0 Å². The maximum absolute atomic E-state index is 13.2. The average molecular weight is 719 g/mol. The number of carboxylic acid groups (broad SMARTS) is 1. The lowest BCUT2D eigenvalue weighted by molar-refractivity contribution is -0.139. The van der Waals surface area contributed by atoms with Gasteiger partial charge < -0.3 is 63.5 Å². The zero-order valence-corrected chi connectivity index (χ0v) is 29.5. The van der Waals surface area contributed by atoms with Crippen LogP contribution < -0.4 is 15.8 Å². The van der Waals surface area contributed by atoms with Gasteiger partial charge in [-0.25, -0.2) is 4.79 Å². The molecule has 0 aliphatic heterocycles. The Bertz CT molecular complexity index is 970. The summed E-state index contributed by atoms with van der Waals surface area (Å²) >= 11 is 0. The van der Waals surface area contributed by atoms with Crippen LogP contribution in [0.3, 0.4) is 0 Å². The number of carbonyl (C=O) groups excluding carboxylic acids is 2. The summed E-state index contributed by atoms with van der Waals surface area (Å²) in [5, 5.41) is 11.7. The van der Waals surface area contributed by atoms with Crippen LogP contribution in [0.4, 0.5) is 0 Å². The van der Waals surface area contributed by atoms with Crippen molar-refractivity contribution in [1.82, 2.24) is 5.32 Å². The minimum atomic E-state index is -1.08. The highest BCUT2D eigenvalue weighted by atomic mass is 16.6. The molecule has 0 saturated carbocycles. The van der Waals surface area contributed by atoms with Gasteiger partial charge in [-0.1, -0.05) is 12.1 Å². The van der Waals surface area contributed by atoms with Crippen molar-refractivity contribution in [3.8, 4) is 5.75 Å². The molecule has 0 aromatic heterocycles. The number of benzene rings is 1. The average Bonchev–Trinajstić information content (AvgIpc) is 3.11. The number of aliphatic carboxylic acids is 1. The van der Waals surface area contributed by atoms with Gasteiger partial charge in [0.05, 0.1) is 112 Å². The maximum Gasteiger partial charge on any atom is 0.341 e. The smallest absolute Gasteiger partial charge is 0.341 e. The van der Waals surface area contributed by atoms with E-state index in [1.807, 2.05) is 0 Å². The standard InChI is InChI=1S/C34H58N2O14/c1-41-13-14-45-21-22-49-26-23-46-18-15-42-10-2-3-32(37)31(27-29-4-6-30(7-5-29)50-28-34(39)40)36-33(38)8-11-43-16-19-47-24-25-48-20-17-44-12-9-35/h4-7,31H,2-3,8-28,35H2,1H3,(H,36,38)(H,39,40). The van der Waals surface area contributed by atoms with E-state index in [4.69, 9.17) is 58.2 Å². The van der Waals surface area contributed by atoms with E-state index in [9.17, 15) is 14.4 Å². The van der Waals surface area contributed by atoms with E-state index in [1.54, 1.807) is 31.4 Å². The number of Topliss-reactive ketones (excluding diaryl/α,β-unsaturated/α-hetero) is 1. The number of rotatable bonds is 37. The Morgan fingerprint density at radius 1 is 0.640 bits per heavy atom. The highest BCUT2D eigenvalue weighted by Gasteiger charge is 2.21. The number of methoxy groups -OCH3 is 1.